The Kier molecular flexibility index (Phi) is 15.3. The first-order valence-electron chi connectivity index (χ1n) is 10.8. The van der Waals surface area contributed by atoms with Crippen molar-refractivity contribution in [2.24, 2.45) is 0 Å². The quantitative estimate of drug-likeness (QED) is 0.302. The first-order valence-corrected chi connectivity index (χ1v) is 10.8. The number of aryl methyl sites for hydroxylation is 4. The van der Waals surface area contributed by atoms with Crippen LogP contribution in [0.1, 0.15) is 27.9 Å². The Bertz CT molecular complexity index is 856. The predicted molar refractivity (Wildman–Crippen MR) is 128 cm³/mol. The molecule has 2 aromatic carbocycles. The van der Waals surface area contributed by atoms with Crippen LogP contribution in [-0.2, 0) is 27.6 Å². The molecule has 33 heavy (non-hydrogen) atoms. The van der Waals surface area contributed by atoms with Crippen LogP contribution in [-0.4, -0.2) is 36.1 Å². The zero-order valence-corrected chi connectivity index (χ0v) is 23.6. The molecular formula is C26H34Cl2N4Pt. The Morgan fingerprint density at radius 3 is 1.52 bits per heavy atom. The minimum Gasteiger partial charge on any atom is -1.00 e. The van der Waals surface area contributed by atoms with Crippen LogP contribution in [0.15, 0.2) is 60.8 Å². The number of para-hydroxylation sites is 2. The Morgan fingerprint density at radius 1 is 0.667 bits per heavy atom. The van der Waals surface area contributed by atoms with Gasteiger partial charge in [-0.2, -0.15) is 0 Å². The third-order valence-corrected chi connectivity index (χ3v) is 5.53. The third kappa shape index (κ3) is 9.66. The number of rotatable bonds is 10. The Morgan fingerprint density at radius 2 is 1.12 bits per heavy atom. The first-order chi connectivity index (χ1) is 14.5. The summed E-state index contributed by atoms with van der Waals surface area (Å²) in [6.45, 7) is 13.2. The summed E-state index contributed by atoms with van der Waals surface area (Å²) in [5.74, 6) is 0. The summed E-state index contributed by atoms with van der Waals surface area (Å²) in [6.07, 6.45) is 1.87. The number of halogens is 2. The number of hydrogen-bond donors (Lipinski definition) is 2. The number of benzene rings is 2. The molecule has 3 rings (SSSR count). The molecule has 1 heterocycles. The number of nitrogens with zero attached hydrogens (tertiary/aromatic N) is 2. The van der Waals surface area contributed by atoms with Gasteiger partial charge in [-0.1, -0.05) is 42.5 Å². The molecule has 0 atom stereocenters. The second kappa shape index (κ2) is 16.1. The van der Waals surface area contributed by atoms with Gasteiger partial charge in [0.15, 0.2) is 0 Å². The molecule has 7 heteroatoms. The van der Waals surface area contributed by atoms with Crippen LogP contribution in [0.4, 0.5) is 11.4 Å². The van der Waals surface area contributed by atoms with E-state index in [0.29, 0.717) is 0 Å². The van der Waals surface area contributed by atoms with Gasteiger partial charge >= 0.3 is 21.1 Å². The van der Waals surface area contributed by atoms with E-state index < -0.39 is 0 Å². The Labute approximate surface area is 226 Å². The first kappa shape index (κ1) is 31.4. The molecule has 0 fully saturated rings. The van der Waals surface area contributed by atoms with E-state index in [1.54, 1.807) is 0 Å². The number of hydrogen-bond acceptors (Lipinski definition) is 4. The van der Waals surface area contributed by atoms with Crippen molar-refractivity contribution in [3.05, 3.63) is 88.7 Å². The number of pyridine rings is 1. The molecular weight excluding hydrogens is 634 g/mol. The fraction of sp³-hybridized carbons (Fsp3) is 0.346. The van der Waals surface area contributed by atoms with E-state index in [9.17, 15) is 0 Å². The average molecular weight is 669 g/mol. The number of anilines is 2. The summed E-state index contributed by atoms with van der Waals surface area (Å²) in [5.41, 5.74) is 8.79. The third-order valence-electron chi connectivity index (χ3n) is 5.53. The maximum Gasteiger partial charge on any atom is 2.00 e. The van der Waals surface area contributed by atoms with Crippen molar-refractivity contribution in [2.45, 2.75) is 34.2 Å². The zero-order chi connectivity index (χ0) is 21.3. The SMILES string of the molecule is Cc1cccc(C)c1NCCN(CCNc1c(C)cccc1C)Cc1ccccn1.[Cl-].[Cl-].[Pt+2]. The van der Waals surface area contributed by atoms with Gasteiger partial charge in [-0.05, 0) is 62.1 Å². The van der Waals surface area contributed by atoms with E-state index in [1.807, 2.05) is 12.3 Å². The van der Waals surface area contributed by atoms with Gasteiger partial charge < -0.3 is 35.4 Å². The molecule has 0 spiro atoms. The van der Waals surface area contributed by atoms with Gasteiger partial charge in [0.25, 0.3) is 0 Å². The Hall–Kier alpha value is -1.58. The standard InChI is InChI=1S/C26H34N4.2ClH.Pt/c1-20-9-7-10-21(2)25(20)28-15-17-30(19-24-13-5-6-14-27-24)18-16-29-26-22(3)11-8-12-23(26)4;;;/h5-14,28-29H,15-19H2,1-4H3;2*1H;/q;;;+2/p-2. The van der Waals surface area contributed by atoms with E-state index >= 15 is 0 Å². The molecule has 3 aromatic rings. The average Bonchev–Trinajstić information content (AvgIpc) is 2.73. The molecule has 0 amide bonds. The maximum atomic E-state index is 4.53. The molecule has 4 nitrogen and oxygen atoms in total. The fourth-order valence-corrected chi connectivity index (χ4v) is 3.86. The van der Waals surface area contributed by atoms with Crippen molar-refractivity contribution in [1.82, 2.24) is 9.88 Å². The van der Waals surface area contributed by atoms with E-state index in [2.05, 4.69) is 96.7 Å². The van der Waals surface area contributed by atoms with Crippen molar-refractivity contribution in [3.63, 3.8) is 0 Å². The monoisotopic (exact) mass is 667 g/mol. The van der Waals surface area contributed by atoms with E-state index in [-0.39, 0.29) is 45.9 Å². The van der Waals surface area contributed by atoms with Gasteiger partial charge in [0.05, 0.1) is 5.69 Å². The van der Waals surface area contributed by atoms with Crippen LogP contribution >= 0.6 is 0 Å². The topological polar surface area (TPSA) is 40.2 Å². The zero-order valence-electron chi connectivity index (χ0n) is 19.8. The van der Waals surface area contributed by atoms with Crippen molar-refractivity contribution in [3.8, 4) is 0 Å². The summed E-state index contributed by atoms with van der Waals surface area (Å²) in [4.78, 5) is 6.99. The van der Waals surface area contributed by atoms with Crippen LogP contribution in [0, 0.1) is 27.7 Å². The van der Waals surface area contributed by atoms with Crippen LogP contribution in [0.5, 0.6) is 0 Å². The van der Waals surface area contributed by atoms with Crippen molar-refractivity contribution >= 4 is 11.4 Å². The largest absolute Gasteiger partial charge is 2.00 e. The van der Waals surface area contributed by atoms with Gasteiger partial charge in [-0.3, -0.25) is 9.88 Å². The molecule has 1 aromatic heterocycles. The van der Waals surface area contributed by atoms with Crippen molar-refractivity contribution < 1.29 is 45.9 Å². The van der Waals surface area contributed by atoms with Crippen LogP contribution in [0.25, 0.3) is 0 Å². The Balaban J connectivity index is 0.00000341. The molecule has 182 valence electrons. The number of nitrogens with one attached hydrogen (secondary N) is 2. The minimum absolute atomic E-state index is 0. The molecule has 0 radical (unpaired) electrons. The molecule has 0 saturated carbocycles. The molecule has 2 N–H and O–H groups in total. The van der Waals surface area contributed by atoms with Gasteiger partial charge in [-0.15, -0.1) is 0 Å². The van der Waals surface area contributed by atoms with Crippen LogP contribution in [0.2, 0.25) is 0 Å². The second-order valence-corrected chi connectivity index (χ2v) is 7.98. The van der Waals surface area contributed by atoms with Crippen LogP contribution < -0.4 is 35.4 Å². The summed E-state index contributed by atoms with van der Waals surface area (Å²) < 4.78 is 0. The second-order valence-electron chi connectivity index (χ2n) is 7.98. The van der Waals surface area contributed by atoms with Gasteiger partial charge in [-0.25, -0.2) is 0 Å². The number of aromatic nitrogens is 1. The van der Waals surface area contributed by atoms with E-state index in [1.165, 1.54) is 33.6 Å². The summed E-state index contributed by atoms with van der Waals surface area (Å²) in [5, 5.41) is 7.28. The van der Waals surface area contributed by atoms with Gasteiger partial charge in [0.1, 0.15) is 0 Å². The molecule has 0 aliphatic heterocycles. The summed E-state index contributed by atoms with van der Waals surface area (Å²) >= 11 is 0. The summed E-state index contributed by atoms with van der Waals surface area (Å²) in [7, 11) is 0. The summed E-state index contributed by atoms with van der Waals surface area (Å²) in [6, 6.07) is 19.0. The van der Waals surface area contributed by atoms with Crippen LogP contribution in [0.3, 0.4) is 0 Å². The minimum atomic E-state index is 0. The fourth-order valence-electron chi connectivity index (χ4n) is 3.86. The predicted octanol–water partition coefficient (Wildman–Crippen LogP) is -0.653. The van der Waals surface area contributed by atoms with E-state index in [4.69, 9.17) is 0 Å². The molecule has 0 aliphatic rings. The van der Waals surface area contributed by atoms with Crippen molar-refractivity contribution in [2.75, 3.05) is 36.8 Å². The smallest absolute Gasteiger partial charge is 1.00 e. The molecule has 0 unspecified atom stereocenters. The molecule has 0 saturated heterocycles. The normalized spacial score (nSPS) is 9.97. The van der Waals surface area contributed by atoms with Crippen molar-refractivity contribution in [1.29, 1.82) is 0 Å². The molecule has 0 aliphatic carbocycles. The van der Waals surface area contributed by atoms with Gasteiger partial charge in [0, 0.05) is 50.3 Å². The van der Waals surface area contributed by atoms with E-state index in [0.717, 1.165) is 38.4 Å². The maximum absolute atomic E-state index is 4.53. The van der Waals surface area contributed by atoms with Gasteiger partial charge in [0.2, 0.25) is 0 Å². The molecule has 0 bridgehead atoms.